The Balaban J connectivity index is 1.45. The van der Waals surface area contributed by atoms with Gasteiger partial charge in [-0.25, -0.2) is 0 Å². The van der Waals surface area contributed by atoms with Crippen molar-refractivity contribution in [3.63, 3.8) is 0 Å². The van der Waals surface area contributed by atoms with Crippen molar-refractivity contribution in [3.05, 3.63) is 35.9 Å². The predicted molar refractivity (Wildman–Crippen MR) is 75.1 cm³/mol. The predicted octanol–water partition coefficient (Wildman–Crippen LogP) is 0.518. The number of benzene rings is 1. The standard InChI is InChI=1S/C15H21N3O/c19-15(18-8-6-16-7-9-18)12-17-10-14(11-17)13-4-2-1-3-5-13/h1-5,14,16H,6-12H2. The van der Waals surface area contributed by atoms with Crippen LogP contribution in [0.4, 0.5) is 0 Å². The van der Waals surface area contributed by atoms with Crippen molar-refractivity contribution < 1.29 is 4.79 Å². The average molecular weight is 259 g/mol. The lowest BCUT2D eigenvalue weighted by Gasteiger charge is -2.40. The summed E-state index contributed by atoms with van der Waals surface area (Å²) in [5.74, 6) is 0.894. The molecule has 0 spiro atoms. The number of nitrogens with zero attached hydrogens (tertiary/aromatic N) is 2. The Labute approximate surface area is 114 Å². The minimum atomic E-state index is 0.285. The lowest BCUT2D eigenvalue weighted by Crippen LogP contribution is -2.53. The second-order valence-corrected chi connectivity index (χ2v) is 5.43. The van der Waals surface area contributed by atoms with Crippen molar-refractivity contribution in [2.45, 2.75) is 5.92 Å². The molecule has 19 heavy (non-hydrogen) atoms. The molecule has 2 fully saturated rings. The van der Waals surface area contributed by atoms with Gasteiger partial charge in [-0.05, 0) is 5.56 Å². The highest BCUT2D eigenvalue weighted by Gasteiger charge is 2.30. The van der Waals surface area contributed by atoms with Crippen LogP contribution in [-0.2, 0) is 4.79 Å². The molecule has 1 N–H and O–H groups in total. The third-order valence-corrected chi connectivity index (χ3v) is 4.06. The molecule has 0 bridgehead atoms. The summed E-state index contributed by atoms with van der Waals surface area (Å²) in [5.41, 5.74) is 1.40. The topological polar surface area (TPSA) is 35.6 Å². The zero-order chi connectivity index (χ0) is 13.1. The number of hydrogen-bond acceptors (Lipinski definition) is 3. The summed E-state index contributed by atoms with van der Waals surface area (Å²) in [6.07, 6.45) is 0. The molecule has 2 heterocycles. The van der Waals surface area contributed by atoms with E-state index >= 15 is 0 Å². The van der Waals surface area contributed by atoms with E-state index in [1.54, 1.807) is 0 Å². The zero-order valence-electron chi connectivity index (χ0n) is 11.2. The molecule has 0 atom stereocenters. The van der Waals surface area contributed by atoms with E-state index in [1.807, 2.05) is 11.0 Å². The summed E-state index contributed by atoms with van der Waals surface area (Å²) < 4.78 is 0. The van der Waals surface area contributed by atoms with Gasteiger partial charge in [0.15, 0.2) is 0 Å². The van der Waals surface area contributed by atoms with Crippen molar-refractivity contribution in [3.8, 4) is 0 Å². The van der Waals surface area contributed by atoms with Gasteiger partial charge in [0.05, 0.1) is 6.54 Å². The van der Waals surface area contributed by atoms with Gasteiger partial charge in [-0.15, -0.1) is 0 Å². The number of hydrogen-bond donors (Lipinski definition) is 1. The fourth-order valence-corrected chi connectivity index (χ4v) is 2.84. The van der Waals surface area contributed by atoms with Crippen molar-refractivity contribution in [1.29, 1.82) is 0 Å². The number of carbonyl (C=O) groups excluding carboxylic acids is 1. The molecule has 0 radical (unpaired) electrons. The molecule has 4 nitrogen and oxygen atoms in total. The Morgan fingerprint density at radius 1 is 1.16 bits per heavy atom. The van der Waals surface area contributed by atoms with Crippen LogP contribution >= 0.6 is 0 Å². The summed E-state index contributed by atoms with van der Waals surface area (Å²) in [5, 5.41) is 3.27. The smallest absolute Gasteiger partial charge is 0.236 e. The van der Waals surface area contributed by atoms with E-state index in [0.717, 1.165) is 39.3 Å². The second kappa shape index (κ2) is 5.72. The van der Waals surface area contributed by atoms with Gasteiger partial charge in [-0.3, -0.25) is 9.69 Å². The Morgan fingerprint density at radius 2 is 1.84 bits per heavy atom. The minimum absolute atomic E-state index is 0.285. The Morgan fingerprint density at radius 3 is 2.53 bits per heavy atom. The molecule has 0 aliphatic carbocycles. The SMILES string of the molecule is O=C(CN1CC(c2ccccc2)C1)N1CCNCC1. The number of carbonyl (C=O) groups is 1. The quantitative estimate of drug-likeness (QED) is 0.859. The van der Waals surface area contributed by atoms with Gasteiger partial charge in [0.1, 0.15) is 0 Å². The maximum atomic E-state index is 12.1. The molecule has 0 unspecified atom stereocenters. The molecule has 2 aliphatic heterocycles. The summed E-state index contributed by atoms with van der Waals surface area (Å²) in [7, 11) is 0. The van der Waals surface area contributed by atoms with Gasteiger partial charge in [0.25, 0.3) is 0 Å². The highest BCUT2D eigenvalue weighted by Crippen LogP contribution is 2.26. The average Bonchev–Trinajstić information content (AvgIpc) is 2.44. The molecule has 2 saturated heterocycles. The summed E-state index contributed by atoms with van der Waals surface area (Å²) in [4.78, 5) is 16.3. The summed E-state index contributed by atoms with van der Waals surface area (Å²) in [6, 6.07) is 10.6. The first-order valence-corrected chi connectivity index (χ1v) is 7.09. The van der Waals surface area contributed by atoms with Crippen molar-refractivity contribution in [2.75, 3.05) is 45.8 Å². The fourth-order valence-electron chi connectivity index (χ4n) is 2.84. The van der Waals surface area contributed by atoms with Crippen LogP contribution in [0.15, 0.2) is 30.3 Å². The van der Waals surface area contributed by atoms with Crippen LogP contribution in [0.5, 0.6) is 0 Å². The van der Waals surface area contributed by atoms with Crippen LogP contribution in [0.2, 0.25) is 0 Å². The van der Waals surface area contributed by atoms with E-state index in [-0.39, 0.29) is 5.91 Å². The van der Waals surface area contributed by atoms with Gasteiger partial charge < -0.3 is 10.2 Å². The molecule has 2 aliphatic rings. The zero-order valence-corrected chi connectivity index (χ0v) is 11.2. The maximum Gasteiger partial charge on any atom is 0.236 e. The Kier molecular flexibility index (Phi) is 3.80. The largest absolute Gasteiger partial charge is 0.339 e. The highest BCUT2D eigenvalue weighted by molar-refractivity contribution is 5.78. The van der Waals surface area contributed by atoms with E-state index in [9.17, 15) is 4.79 Å². The number of nitrogens with one attached hydrogen (secondary N) is 1. The lowest BCUT2D eigenvalue weighted by molar-refractivity contribution is -0.134. The number of rotatable bonds is 3. The molecule has 0 aromatic heterocycles. The molecule has 1 amide bonds. The van der Waals surface area contributed by atoms with Crippen molar-refractivity contribution in [2.24, 2.45) is 0 Å². The van der Waals surface area contributed by atoms with Crippen LogP contribution in [0.3, 0.4) is 0 Å². The number of amides is 1. The monoisotopic (exact) mass is 259 g/mol. The van der Waals surface area contributed by atoms with Crippen LogP contribution in [0.1, 0.15) is 11.5 Å². The molecule has 1 aromatic carbocycles. The van der Waals surface area contributed by atoms with Crippen molar-refractivity contribution in [1.82, 2.24) is 15.1 Å². The van der Waals surface area contributed by atoms with E-state index in [0.29, 0.717) is 12.5 Å². The van der Waals surface area contributed by atoms with E-state index < -0.39 is 0 Å². The molecule has 4 heteroatoms. The van der Waals surface area contributed by atoms with Crippen LogP contribution < -0.4 is 5.32 Å². The minimum Gasteiger partial charge on any atom is -0.339 e. The highest BCUT2D eigenvalue weighted by atomic mass is 16.2. The molecule has 0 saturated carbocycles. The third-order valence-electron chi connectivity index (χ3n) is 4.06. The molecule has 102 valence electrons. The van der Waals surface area contributed by atoms with Gasteiger partial charge >= 0.3 is 0 Å². The molecule has 1 aromatic rings. The van der Waals surface area contributed by atoms with Crippen molar-refractivity contribution >= 4 is 5.91 Å². The first-order valence-electron chi connectivity index (χ1n) is 7.09. The summed E-state index contributed by atoms with van der Waals surface area (Å²) >= 11 is 0. The van der Waals surface area contributed by atoms with E-state index in [1.165, 1.54) is 5.56 Å². The van der Waals surface area contributed by atoms with Gasteiger partial charge in [-0.2, -0.15) is 0 Å². The van der Waals surface area contributed by atoms with Gasteiger partial charge in [-0.1, -0.05) is 30.3 Å². The number of piperazine rings is 1. The third kappa shape index (κ3) is 2.96. The Hall–Kier alpha value is -1.39. The van der Waals surface area contributed by atoms with Crippen LogP contribution in [0.25, 0.3) is 0 Å². The van der Waals surface area contributed by atoms with E-state index in [2.05, 4.69) is 34.5 Å². The first kappa shape index (κ1) is 12.6. The van der Waals surface area contributed by atoms with Crippen LogP contribution in [-0.4, -0.2) is 61.5 Å². The van der Waals surface area contributed by atoms with Gasteiger partial charge in [0, 0.05) is 45.2 Å². The van der Waals surface area contributed by atoms with Gasteiger partial charge in [0.2, 0.25) is 5.91 Å². The van der Waals surface area contributed by atoms with Crippen LogP contribution in [0, 0.1) is 0 Å². The Bertz CT molecular complexity index is 422. The van der Waals surface area contributed by atoms with E-state index in [4.69, 9.17) is 0 Å². The molecular weight excluding hydrogens is 238 g/mol. The first-order chi connectivity index (χ1) is 9.33. The molecular formula is C15H21N3O. The molecule has 3 rings (SSSR count). The lowest BCUT2D eigenvalue weighted by atomic mass is 9.91. The normalized spacial score (nSPS) is 21.2. The summed E-state index contributed by atoms with van der Waals surface area (Å²) in [6.45, 7) is 6.19. The number of likely N-dealkylation sites (tertiary alicyclic amines) is 1. The maximum absolute atomic E-state index is 12.1. The fraction of sp³-hybridized carbons (Fsp3) is 0.533. The second-order valence-electron chi connectivity index (χ2n) is 5.43.